The highest BCUT2D eigenvalue weighted by molar-refractivity contribution is 5.97. The quantitative estimate of drug-likeness (QED) is 0.0775. The Hall–Kier alpha value is -3.89. The van der Waals surface area contributed by atoms with Gasteiger partial charge in [-0.1, -0.05) is 95.3 Å². The number of ether oxygens (including phenoxy) is 1. The number of hydrogen-bond acceptors (Lipinski definition) is 7. The number of nitrogens with one attached hydrogen (secondary N) is 4. The molecule has 2 aliphatic rings. The highest BCUT2D eigenvalue weighted by Gasteiger charge is 2.50. The van der Waals surface area contributed by atoms with Crippen molar-refractivity contribution in [1.29, 1.82) is 0 Å². The van der Waals surface area contributed by atoms with Crippen LogP contribution in [0.1, 0.15) is 104 Å². The minimum Gasteiger partial charge on any atom is -0.361 e. The summed E-state index contributed by atoms with van der Waals surface area (Å²) in [5.74, 6) is -2.04. The van der Waals surface area contributed by atoms with Crippen molar-refractivity contribution in [2.45, 2.75) is 136 Å². The first kappa shape index (κ1) is 42.8. The monoisotopic (exact) mass is 744 g/mol. The van der Waals surface area contributed by atoms with Crippen LogP contribution < -0.4 is 21.3 Å². The fourth-order valence-corrected chi connectivity index (χ4v) is 7.00. The van der Waals surface area contributed by atoms with Crippen molar-refractivity contribution in [3.63, 3.8) is 0 Å². The number of ketones is 2. The van der Waals surface area contributed by atoms with Gasteiger partial charge in [0.25, 0.3) is 0 Å². The summed E-state index contributed by atoms with van der Waals surface area (Å²) in [5.41, 5.74) is 1.13. The zero-order valence-electron chi connectivity index (χ0n) is 33.3. The van der Waals surface area contributed by atoms with Gasteiger partial charge in [0.1, 0.15) is 11.6 Å². The van der Waals surface area contributed by atoms with Crippen LogP contribution in [0.2, 0.25) is 0 Å². The van der Waals surface area contributed by atoms with Crippen molar-refractivity contribution in [2.24, 2.45) is 23.7 Å². The van der Waals surface area contributed by atoms with E-state index < -0.39 is 35.6 Å². The minimum absolute atomic E-state index is 0.0972. The Balaban J connectivity index is 1.47. The van der Waals surface area contributed by atoms with Crippen molar-refractivity contribution in [3.05, 3.63) is 71.8 Å². The van der Waals surface area contributed by atoms with Crippen molar-refractivity contribution in [1.82, 2.24) is 21.3 Å². The highest BCUT2D eigenvalue weighted by atomic mass is 16.6. The summed E-state index contributed by atoms with van der Waals surface area (Å²) >= 11 is 0. The molecule has 1 aliphatic heterocycles. The third-order valence-corrected chi connectivity index (χ3v) is 10.4. The Morgan fingerprint density at radius 3 is 1.89 bits per heavy atom. The molecule has 10 heteroatoms. The van der Waals surface area contributed by atoms with E-state index in [-0.39, 0.29) is 47.5 Å². The predicted octanol–water partition coefficient (Wildman–Crippen LogP) is 5.51. The van der Waals surface area contributed by atoms with E-state index in [1.54, 1.807) is 6.92 Å². The molecule has 3 amide bonds. The average molecular weight is 745 g/mol. The maximum absolute atomic E-state index is 14.3. The predicted molar refractivity (Wildman–Crippen MR) is 212 cm³/mol. The van der Waals surface area contributed by atoms with Crippen LogP contribution in [0.25, 0.3) is 0 Å². The van der Waals surface area contributed by atoms with Gasteiger partial charge in [-0.15, -0.1) is 0 Å². The van der Waals surface area contributed by atoms with Gasteiger partial charge in [0.05, 0.1) is 18.7 Å². The second-order valence-corrected chi connectivity index (χ2v) is 16.7. The van der Waals surface area contributed by atoms with Crippen LogP contribution in [0.3, 0.4) is 0 Å². The van der Waals surface area contributed by atoms with Gasteiger partial charge in [0.15, 0.2) is 11.6 Å². The van der Waals surface area contributed by atoms with Gasteiger partial charge in [-0.3, -0.25) is 24.0 Å². The van der Waals surface area contributed by atoms with E-state index in [0.717, 1.165) is 17.7 Å². The molecule has 10 nitrogen and oxygen atoms in total. The van der Waals surface area contributed by atoms with Crippen LogP contribution in [0.15, 0.2) is 60.7 Å². The zero-order chi connectivity index (χ0) is 39.3. The normalized spacial score (nSPS) is 19.3. The maximum atomic E-state index is 14.3. The number of epoxide rings is 1. The third kappa shape index (κ3) is 14.4. The topological polar surface area (TPSA) is 146 Å². The van der Waals surface area contributed by atoms with Gasteiger partial charge >= 0.3 is 0 Å². The van der Waals surface area contributed by atoms with E-state index in [2.05, 4.69) is 21.3 Å². The van der Waals surface area contributed by atoms with Gasteiger partial charge in [-0.05, 0) is 94.2 Å². The maximum Gasteiger partial charge on any atom is 0.243 e. The SMILES string of the molecule is CC(C)CC(NC(=O)[C@H](CCc1ccccc1)NC(=O)CCCNC1CC1)C(=O)[C@H](C)C[C@@H](Cc1ccccc1)C(=O)NC(CC(C)C)C(=O)[C@@]1(C)CO1. The Morgan fingerprint density at radius 2 is 1.31 bits per heavy atom. The lowest BCUT2D eigenvalue weighted by Crippen LogP contribution is -2.53. The number of amides is 3. The van der Waals surface area contributed by atoms with Gasteiger partial charge in [0, 0.05) is 24.3 Å². The van der Waals surface area contributed by atoms with Gasteiger partial charge in [-0.25, -0.2) is 0 Å². The molecular formula is C44H64N4O6. The molecule has 296 valence electrons. The summed E-state index contributed by atoms with van der Waals surface area (Å²) in [6.07, 6.45) is 5.85. The largest absolute Gasteiger partial charge is 0.361 e. The lowest BCUT2D eigenvalue weighted by molar-refractivity contribution is -0.134. The van der Waals surface area contributed by atoms with E-state index in [4.69, 9.17) is 4.74 Å². The molecule has 2 fully saturated rings. The van der Waals surface area contributed by atoms with Gasteiger partial charge < -0.3 is 26.0 Å². The molecule has 6 atom stereocenters. The average Bonchev–Trinajstić information content (AvgIpc) is 4.09. The van der Waals surface area contributed by atoms with E-state index in [1.807, 2.05) is 95.3 Å². The Morgan fingerprint density at radius 1 is 0.741 bits per heavy atom. The Kier molecular flexibility index (Phi) is 16.4. The molecule has 4 N–H and O–H groups in total. The molecule has 0 aromatic heterocycles. The van der Waals surface area contributed by atoms with Crippen molar-refractivity contribution in [2.75, 3.05) is 13.2 Å². The number of aryl methyl sites for hydroxylation is 1. The van der Waals surface area contributed by atoms with Crippen LogP contribution >= 0.6 is 0 Å². The van der Waals surface area contributed by atoms with E-state index in [0.29, 0.717) is 57.6 Å². The van der Waals surface area contributed by atoms with Crippen LogP contribution in [0.5, 0.6) is 0 Å². The molecule has 1 heterocycles. The number of rotatable bonds is 25. The molecule has 2 unspecified atom stereocenters. The minimum atomic E-state index is -0.876. The van der Waals surface area contributed by atoms with Crippen molar-refractivity contribution >= 4 is 29.3 Å². The number of hydrogen-bond donors (Lipinski definition) is 4. The fraction of sp³-hybridized carbons (Fsp3) is 0.614. The van der Waals surface area contributed by atoms with Crippen molar-refractivity contribution in [3.8, 4) is 0 Å². The molecule has 1 saturated heterocycles. The second-order valence-electron chi connectivity index (χ2n) is 16.7. The van der Waals surface area contributed by atoms with Crippen LogP contribution in [0, 0.1) is 23.7 Å². The van der Waals surface area contributed by atoms with E-state index >= 15 is 0 Å². The summed E-state index contributed by atoms with van der Waals surface area (Å²) in [5, 5.41) is 12.5. The second kappa shape index (κ2) is 20.7. The van der Waals surface area contributed by atoms with Gasteiger partial charge in [0.2, 0.25) is 17.7 Å². The third-order valence-electron chi connectivity index (χ3n) is 10.4. The number of Topliss-reactive ketones (excluding diaryl/α,β-unsaturated/α-hetero) is 2. The number of carbonyl (C=O) groups excluding carboxylic acids is 5. The summed E-state index contributed by atoms with van der Waals surface area (Å²) in [6, 6.07) is 17.8. The highest BCUT2D eigenvalue weighted by Crippen LogP contribution is 2.30. The zero-order valence-corrected chi connectivity index (χ0v) is 33.3. The molecule has 2 aromatic carbocycles. The number of carbonyl (C=O) groups is 5. The Bertz CT molecular complexity index is 1520. The van der Waals surface area contributed by atoms with Crippen LogP contribution in [0.4, 0.5) is 0 Å². The molecule has 0 radical (unpaired) electrons. The lowest BCUT2D eigenvalue weighted by atomic mass is 9.83. The standard InChI is InChI=1S/C44H64N4O6/c1-29(2)24-37(47-43(53)36(22-19-32-14-9-7-10-15-32)46-39(49)18-13-23-45-35-20-21-35)40(50)31(5)26-34(27-33-16-11-8-12-17-33)42(52)48-38(25-30(3)4)41(51)44(6)28-54-44/h7-12,14-17,29-31,34-38,45H,13,18-28H2,1-6H3,(H,46,49)(H,47,53)(H,48,52)/t31-,34+,36+,37?,38?,44-/m1/s1. The fourth-order valence-electron chi connectivity index (χ4n) is 7.00. The van der Waals surface area contributed by atoms with E-state index in [1.165, 1.54) is 12.8 Å². The molecule has 1 aliphatic carbocycles. The molecule has 2 aromatic rings. The summed E-state index contributed by atoms with van der Waals surface area (Å²) in [6.45, 7) is 12.7. The van der Waals surface area contributed by atoms with Gasteiger partial charge in [-0.2, -0.15) is 0 Å². The summed E-state index contributed by atoms with van der Waals surface area (Å²) in [4.78, 5) is 68.8. The summed E-state index contributed by atoms with van der Waals surface area (Å²) in [7, 11) is 0. The molecule has 54 heavy (non-hydrogen) atoms. The Labute approximate surface area is 322 Å². The van der Waals surface area contributed by atoms with Crippen molar-refractivity contribution < 1.29 is 28.7 Å². The number of benzene rings is 2. The van der Waals surface area contributed by atoms with Crippen LogP contribution in [-0.2, 0) is 41.6 Å². The molecule has 0 bridgehead atoms. The first-order chi connectivity index (χ1) is 25.7. The first-order valence-electron chi connectivity index (χ1n) is 20.2. The van der Waals surface area contributed by atoms with E-state index in [9.17, 15) is 24.0 Å². The first-order valence-corrected chi connectivity index (χ1v) is 20.2. The molecule has 1 saturated carbocycles. The summed E-state index contributed by atoms with van der Waals surface area (Å²) < 4.78 is 5.45. The molecule has 0 spiro atoms. The molecular weight excluding hydrogens is 681 g/mol. The molecule has 4 rings (SSSR count). The van der Waals surface area contributed by atoms with Crippen LogP contribution in [-0.4, -0.2) is 72.2 Å². The smallest absolute Gasteiger partial charge is 0.243 e. The lowest BCUT2D eigenvalue weighted by Gasteiger charge is -2.28.